The van der Waals surface area contributed by atoms with Crippen LogP contribution in [0.2, 0.25) is 0 Å². The molecule has 2 aromatic heterocycles. The lowest BCUT2D eigenvalue weighted by molar-refractivity contribution is -0.115. The maximum absolute atomic E-state index is 12.3. The molecule has 0 bridgehead atoms. The molecule has 2 heterocycles. The first-order chi connectivity index (χ1) is 13.7. The number of rotatable bonds is 7. The van der Waals surface area contributed by atoms with Crippen molar-refractivity contribution >= 4 is 49.7 Å². The molecule has 0 spiro atoms. The summed E-state index contributed by atoms with van der Waals surface area (Å²) in [4.78, 5) is 25.3. The van der Waals surface area contributed by atoms with Gasteiger partial charge in [-0.1, -0.05) is 6.07 Å². The van der Waals surface area contributed by atoms with Crippen molar-refractivity contribution in [3.8, 4) is 0 Å². The summed E-state index contributed by atoms with van der Waals surface area (Å²) in [5.74, 6) is 0.198. The van der Waals surface area contributed by atoms with Crippen LogP contribution in [0.3, 0.4) is 0 Å². The van der Waals surface area contributed by atoms with Gasteiger partial charge in [-0.25, -0.2) is 23.4 Å². The van der Waals surface area contributed by atoms with Crippen molar-refractivity contribution in [3.05, 3.63) is 52.8 Å². The van der Waals surface area contributed by atoms with Gasteiger partial charge in [0.15, 0.2) is 5.13 Å². The number of nitrogens with one attached hydrogen (secondary N) is 3. The van der Waals surface area contributed by atoms with Gasteiger partial charge in [0.1, 0.15) is 0 Å². The Bertz CT molecular complexity index is 1120. The summed E-state index contributed by atoms with van der Waals surface area (Å²) >= 11 is 1.35. The van der Waals surface area contributed by atoms with Crippen LogP contribution in [0.25, 0.3) is 0 Å². The molecule has 152 valence electrons. The number of aryl methyl sites for hydroxylation is 2. The highest BCUT2D eigenvalue weighted by molar-refractivity contribution is 7.92. The summed E-state index contributed by atoms with van der Waals surface area (Å²) in [7, 11) is -3.39. The normalized spacial score (nSPS) is 11.1. The second-order valence-electron chi connectivity index (χ2n) is 6.42. The Morgan fingerprint density at radius 2 is 1.76 bits per heavy atom. The monoisotopic (exact) mass is 432 g/mol. The molecule has 9 nitrogen and oxygen atoms in total. The first-order valence-corrected chi connectivity index (χ1v) is 11.3. The number of sulfonamides is 1. The van der Waals surface area contributed by atoms with E-state index in [1.54, 1.807) is 29.6 Å². The van der Waals surface area contributed by atoms with Crippen molar-refractivity contribution in [1.82, 2.24) is 15.0 Å². The van der Waals surface area contributed by atoms with Gasteiger partial charge < -0.3 is 10.6 Å². The van der Waals surface area contributed by atoms with Crippen molar-refractivity contribution in [2.24, 2.45) is 0 Å². The van der Waals surface area contributed by atoms with Crippen molar-refractivity contribution < 1.29 is 13.2 Å². The molecule has 3 aromatic rings. The van der Waals surface area contributed by atoms with Gasteiger partial charge in [-0.2, -0.15) is 0 Å². The molecule has 3 N–H and O–H groups in total. The number of benzene rings is 1. The van der Waals surface area contributed by atoms with Gasteiger partial charge in [-0.15, -0.1) is 11.3 Å². The van der Waals surface area contributed by atoms with Gasteiger partial charge in [-0.3, -0.25) is 9.52 Å². The lowest BCUT2D eigenvalue weighted by Crippen LogP contribution is -2.15. The fourth-order valence-electron chi connectivity index (χ4n) is 2.57. The Labute approximate surface area is 172 Å². The first-order valence-electron chi connectivity index (χ1n) is 8.58. The number of carbonyl (C=O) groups excluding carboxylic acids is 1. The third-order valence-corrected chi connectivity index (χ3v) is 4.96. The molecule has 0 aliphatic heterocycles. The summed E-state index contributed by atoms with van der Waals surface area (Å²) in [5.41, 5.74) is 3.16. The van der Waals surface area contributed by atoms with Gasteiger partial charge in [0.05, 0.1) is 24.1 Å². The number of hydrogen-bond donors (Lipinski definition) is 3. The van der Waals surface area contributed by atoms with E-state index < -0.39 is 10.0 Å². The van der Waals surface area contributed by atoms with Crippen LogP contribution >= 0.6 is 11.3 Å². The maximum Gasteiger partial charge on any atom is 0.230 e. The highest BCUT2D eigenvalue weighted by Gasteiger charge is 2.10. The Kier molecular flexibility index (Phi) is 6.09. The topological polar surface area (TPSA) is 126 Å². The number of aromatic nitrogens is 3. The molecule has 1 aromatic carbocycles. The Balaban J connectivity index is 1.61. The fourth-order valence-corrected chi connectivity index (χ4v) is 3.83. The predicted octanol–water partition coefficient (Wildman–Crippen LogP) is 2.85. The molecule has 0 saturated carbocycles. The minimum Gasteiger partial charge on any atom is -0.326 e. The molecule has 29 heavy (non-hydrogen) atoms. The van der Waals surface area contributed by atoms with Crippen LogP contribution < -0.4 is 15.4 Å². The van der Waals surface area contributed by atoms with Crippen LogP contribution in [-0.4, -0.2) is 35.5 Å². The molecule has 1 amide bonds. The second kappa shape index (κ2) is 8.53. The van der Waals surface area contributed by atoms with Crippen molar-refractivity contribution in [2.45, 2.75) is 20.3 Å². The molecule has 11 heteroatoms. The summed E-state index contributed by atoms with van der Waals surface area (Å²) in [6, 6.07) is 8.35. The molecule has 0 radical (unpaired) electrons. The van der Waals surface area contributed by atoms with E-state index in [-0.39, 0.29) is 12.3 Å². The van der Waals surface area contributed by atoms with Gasteiger partial charge in [0.25, 0.3) is 0 Å². The van der Waals surface area contributed by atoms with E-state index in [0.717, 1.165) is 17.6 Å². The fraction of sp³-hybridized carbons (Fsp3) is 0.222. The lowest BCUT2D eigenvalue weighted by Gasteiger charge is -2.08. The van der Waals surface area contributed by atoms with Gasteiger partial charge in [0, 0.05) is 22.5 Å². The molecule has 0 atom stereocenters. The Morgan fingerprint density at radius 3 is 2.45 bits per heavy atom. The van der Waals surface area contributed by atoms with Crippen LogP contribution in [0.15, 0.2) is 35.7 Å². The van der Waals surface area contributed by atoms with Gasteiger partial charge in [-0.05, 0) is 38.1 Å². The van der Waals surface area contributed by atoms with Crippen LogP contribution in [0.5, 0.6) is 0 Å². The summed E-state index contributed by atoms with van der Waals surface area (Å²) in [6.07, 6.45) is 1.14. The third kappa shape index (κ3) is 6.50. The number of nitrogens with zero attached hydrogens (tertiary/aromatic N) is 3. The lowest BCUT2D eigenvalue weighted by atomic mass is 10.2. The quantitative estimate of drug-likeness (QED) is 0.524. The van der Waals surface area contributed by atoms with Crippen molar-refractivity contribution in [3.63, 3.8) is 0 Å². The van der Waals surface area contributed by atoms with E-state index in [0.29, 0.717) is 28.1 Å². The van der Waals surface area contributed by atoms with Crippen molar-refractivity contribution in [1.29, 1.82) is 0 Å². The van der Waals surface area contributed by atoms with Crippen molar-refractivity contribution in [2.75, 3.05) is 21.6 Å². The molecule has 3 rings (SSSR count). The number of hydrogen-bond acceptors (Lipinski definition) is 8. The zero-order valence-corrected chi connectivity index (χ0v) is 17.7. The van der Waals surface area contributed by atoms with Crippen LogP contribution in [-0.2, 0) is 21.2 Å². The van der Waals surface area contributed by atoms with E-state index in [4.69, 9.17) is 0 Å². The predicted molar refractivity (Wildman–Crippen MR) is 114 cm³/mol. The average Bonchev–Trinajstić information content (AvgIpc) is 2.99. The molecule has 0 saturated heterocycles. The summed E-state index contributed by atoms with van der Waals surface area (Å²) in [6.45, 7) is 3.77. The van der Waals surface area contributed by atoms with E-state index >= 15 is 0 Å². The molecule has 0 aliphatic carbocycles. The van der Waals surface area contributed by atoms with Crippen LogP contribution in [0.4, 0.5) is 22.5 Å². The maximum atomic E-state index is 12.3. The summed E-state index contributed by atoms with van der Waals surface area (Å²) < 4.78 is 25.0. The third-order valence-electron chi connectivity index (χ3n) is 3.54. The SMILES string of the molecule is Cc1cc(C)nc(Nc2nc(CC(=O)Nc3cccc(NS(C)(=O)=O)c3)cs2)n1. The molecular weight excluding hydrogens is 412 g/mol. The number of carbonyl (C=O) groups is 1. The highest BCUT2D eigenvalue weighted by atomic mass is 32.2. The average molecular weight is 433 g/mol. The minimum absolute atomic E-state index is 0.0790. The molecular formula is C18H20N6O3S2. The largest absolute Gasteiger partial charge is 0.326 e. The zero-order chi connectivity index (χ0) is 21.0. The van der Waals surface area contributed by atoms with E-state index in [1.807, 2.05) is 19.9 Å². The Hall–Kier alpha value is -3.05. The zero-order valence-electron chi connectivity index (χ0n) is 16.1. The molecule has 0 aliphatic rings. The smallest absolute Gasteiger partial charge is 0.230 e. The molecule has 0 fully saturated rings. The van der Waals surface area contributed by atoms with Crippen LogP contribution in [0, 0.1) is 13.8 Å². The highest BCUT2D eigenvalue weighted by Crippen LogP contribution is 2.20. The van der Waals surface area contributed by atoms with E-state index in [2.05, 4.69) is 30.3 Å². The minimum atomic E-state index is -3.39. The number of amides is 1. The standard InChI is InChI=1S/C18H20N6O3S2/c1-11-7-12(2)20-17(19-11)23-18-22-15(10-28-18)9-16(25)21-13-5-4-6-14(8-13)24-29(3,26)27/h4-8,10,24H,9H2,1-3H3,(H,21,25)(H,19,20,22,23). The number of thiazole rings is 1. The summed E-state index contributed by atoms with van der Waals surface area (Å²) in [5, 5.41) is 8.16. The number of anilines is 4. The van der Waals surface area contributed by atoms with Gasteiger partial charge in [0.2, 0.25) is 21.9 Å². The Morgan fingerprint density at radius 1 is 1.07 bits per heavy atom. The second-order valence-corrected chi connectivity index (χ2v) is 9.03. The molecule has 0 unspecified atom stereocenters. The van der Waals surface area contributed by atoms with Crippen LogP contribution in [0.1, 0.15) is 17.1 Å². The van der Waals surface area contributed by atoms with E-state index in [1.165, 1.54) is 11.3 Å². The van der Waals surface area contributed by atoms with E-state index in [9.17, 15) is 13.2 Å². The first kappa shape index (κ1) is 20.7. The van der Waals surface area contributed by atoms with Gasteiger partial charge >= 0.3 is 0 Å².